The zero-order valence-electron chi connectivity index (χ0n) is 4.26. The Morgan fingerprint density at radius 1 is 1.22 bits per heavy atom. The Morgan fingerprint density at radius 2 is 1.67 bits per heavy atom. The average Bonchev–Trinajstić information content (AvgIpc) is 1.63. The fourth-order valence-corrected chi connectivity index (χ4v) is 0.757. The van der Waals surface area contributed by atoms with Crippen molar-refractivity contribution in [1.29, 1.82) is 0 Å². The number of hydrogen-bond donors (Lipinski definition) is 2. The summed E-state index contributed by atoms with van der Waals surface area (Å²) in [6.07, 6.45) is 1.26. The lowest BCUT2D eigenvalue weighted by molar-refractivity contribution is 0.189. The first-order chi connectivity index (χ1) is 4.04. The predicted molar refractivity (Wildman–Crippen MR) is 47.7 cm³/mol. The summed E-state index contributed by atoms with van der Waals surface area (Å²) in [4.78, 5) is -0.123. The van der Waals surface area contributed by atoms with E-state index in [4.69, 9.17) is 10.2 Å². The van der Waals surface area contributed by atoms with Crippen LogP contribution in [0.3, 0.4) is 0 Å². The van der Waals surface area contributed by atoms with Gasteiger partial charge in [-0.25, -0.2) is 0 Å². The normalized spacial score (nSPS) is 13.3. The minimum Gasteiger partial charge on any atom is -0.481 e. The van der Waals surface area contributed by atoms with Gasteiger partial charge in [0, 0.05) is 6.08 Å². The van der Waals surface area contributed by atoms with Gasteiger partial charge in [0.05, 0.1) is 8.56 Å². The van der Waals surface area contributed by atoms with Crippen LogP contribution >= 0.6 is 47.8 Å². The summed E-state index contributed by atoms with van der Waals surface area (Å²) in [7, 11) is 0. The van der Waals surface area contributed by atoms with Gasteiger partial charge in [-0.3, -0.25) is 0 Å². The van der Waals surface area contributed by atoms with Gasteiger partial charge < -0.3 is 10.2 Å². The third-order valence-electron chi connectivity index (χ3n) is 0.549. The molecule has 0 heterocycles. The molecule has 0 aromatic carbocycles. The number of rotatable bonds is 2. The van der Waals surface area contributed by atoms with Gasteiger partial charge in [-0.2, -0.15) is 0 Å². The second kappa shape index (κ2) is 4.57. The maximum atomic E-state index is 8.32. The predicted octanol–water partition coefficient (Wildman–Crippen LogP) is 2.82. The Kier molecular flexibility index (Phi) is 4.97. The molecule has 0 aromatic heterocycles. The molecule has 0 saturated carbocycles. The second-order valence-corrected chi connectivity index (χ2v) is 5.56. The summed E-state index contributed by atoms with van der Waals surface area (Å²) >= 11 is 9.50. The van der Waals surface area contributed by atoms with Gasteiger partial charge in [-0.15, -0.1) is 0 Å². The topological polar surface area (TPSA) is 40.5 Å². The molecule has 0 spiro atoms. The van der Waals surface area contributed by atoms with E-state index in [0.29, 0.717) is 0 Å². The molecule has 0 aliphatic carbocycles. The van der Waals surface area contributed by atoms with Crippen molar-refractivity contribution < 1.29 is 10.2 Å². The molecule has 0 aromatic rings. The van der Waals surface area contributed by atoms with E-state index in [9.17, 15) is 0 Å². The maximum absolute atomic E-state index is 8.32. The molecule has 0 saturated heterocycles. The van der Waals surface area contributed by atoms with Crippen LogP contribution in [0.25, 0.3) is 0 Å². The van der Waals surface area contributed by atoms with Crippen LogP contribution in [0.15, 0.2) is 12.0 Å². The van der Waals surface area contributed by atoms with E-state index in [1.165, 1.54) is 6.08 Å². The van der Waals surface area contributed by atoms with E-state index in [2.05, 4.69) is 47.8 Å². The molecule has 2 nitrogen and oxygen atoms in total. The zero-order chi connectivity index (χ0) is 7.44. The highest BCUT2D eigenvalue weighted by Gasteiger charge is 2.09. The van der Waals surface area contributed by atoms with Crippen LogP contribution in [0, 0.1) is 0 Å². The first-order valence-corrected chi connectivity index (χ1v) is 4.80. The Morgan fingerprint density at radius 3 is 1.78 bits per heavy atom. The molecule has 0 aliphatic heterocycles. The molecular formula is C4H5Br3O2. The van der Waals surface area contributed by atoms with Gasteiger partial charge in [0.2, 0.25) is 0 Å². The van der Waals surface area contributed by atoms with Gasteiger partial charge >= 0.3 is 0 Å². The Balaban J connectivity index is 3.76. The fourth-order valence-electron chi connectivity index (χ4n) is 0.215. The number of aliphatic hydroxyl groups excluding tert-OH is 1. The summed E-state index contributed by atoms with van der Waals surface area (Å²) in [6.45, 7) is 0. The van der Waals surface area contributed by atoms with Crippen LogP contribution in [-0.4, -0.2) is 18.8 Å². The zero-order valence-corrected chi connectivity index (χ0v) is 9.02. The molecular weight excluding hydrogens is 320 g/mol. The van der Waals surface area contributed by atoms with Crippen molar-refractivity contribution in [2.24, 2.45) is 0 Å². The maximum Gasteiger partial charge on any atom is 0.271 e. The minimum absolute atomic E-state index is 0.000648. The quantitative estimate of drug-likeness (QED) is 0.606. The Labute approximate surface area is 78.3 Å². The highest BCUT2D eigenvalue weighted by Crippen LogP contribution is 2.21. The molecule has 1 atom stereocenters. The first-order valence-electron chi connectivity index (χ1n) is 2.06. The number of allylic oxidation sites excluding steroid dienone is 1. The molecule has 0 radical (unpaired) electrons. The lowest BCUT2D eigenvalue weighted by atomic mass is 10.5. The van der Waals surface area contributed by atoms with E-state index < -0.39 is 5.95 Å². The van der Waals surface area contributed by atoms with Crippen molar-refractivity contribution in [1.82, 2.24) is 0 Å². The molecule has 0 rings (SSSR count). The molecule has 0 amide bonds. The standard InChI is InChI=1S/C4H5Br3O2/c5-2(4(6)7)1-3(8)9/h1-2,4,8-9H. The van der Waals surface area contributed by atoms with Crippen molar-refractivity contribution in [2.45, 2.75) is 8.56 Å². The van der Waals surface area contributed by atoms with Crippen molar-refractivity contribution in [3.8, 4) is 0 Å². The van der Waals surface area contributed by atoms with Gasteiger partial charge in [-0.1, -0.05) is 47.8 Å². The van der Waals surface area contributed by atoms with Crippen molar-refractivity contribution in [3.63, 3.8) is 0 Å². The van der Waals surface area contributed by atoms with Crippen LogP contribution in [0.5, 0.6) is 0 Å². The minimum atomic E-state index is -0.680. The molecule has 2 N–H and O–H groups in total. The third-order valence-corrected chi connectivity index (χ3v) is 3.90. The molecule has 1 unspecified atom stereocenters. The van der Waals surface area contributed by atoms with E-state index in [0.717, 1.165) is 0 Å². The second-order valence-electron chi connectivity index (χ2n) is 1.30. The first kappa shape index (κ1) is 9.78. The largest absolute Gasteiger partial charge is 0.481 e. The number of alkyl halides is 3. The summed E-state index contributed by atoms with van der Waals surface area (Å²) in [6, 6.07) is 0. The van der Waals surface area contributed by atoms with Crippen molar-refractivity contribution >= 4 is 47.8 Å². The molecule has 54 valence electrons. The van der Waals surface area contributed by atoms with Crippen molar-refractivity contribution in [2.75, 3.05) is 0 Å². The number of aliphatic hydroxyl groups is 2. The van der Waals surface area contributed by atoms with Crippen LogP contribution < -0.4 is 0 Å². The monoisotopic (exact) mass is 322 g/mol. The van der Waals surface area contributed by atoms with E-state index in [1.807, 2.05) is 0 Å². The molecule has 5 heteroatoms. The van der Waals surface area contributed by atoms with Gasteiger partial charge in [0.25, 0.3) is 5.95 Å². The van der Waals surface area contributed by atoms with E-state index in [1.54, 1.807) is 0 Å². The highest BCUT2D eigenvalue weighted by molar-refractivity contribution is 9.25. The molecule has 9 heavy (non-hydrogen) atoms. The van der Waals surface area contributed by atoms with Gasteiger partial charge in [-0.05, 0) is 0 Å². The summed E-state index contributed by atoms with van der Waals surface area (Å²) in [5.74, 6) is -0.680. The lowest BCUT2D eigenvalue weighted by Crippen LogP contribution is -2.03. The third kappa shape index (κ3) is 5.24. The van der Waals surface area contributed by atoms with Gasteiger partial charge in [0.15, 0.2) is 0 Å². The van der Waals surface area contributed by atoms with Crippen LogP contribution in [-0.2, 0) is 0 Å². The fraction of sp³-hybridized carbons (Fsp3) is 0.500. The summed E-state index contributed by atoms with van der Waals surface area (Å²) < 4.78 is -0.000648. The molecule has 0 aliphatic rings. The van der Waals surface area contributed by atoms with Crippen molar-refractivity contribution in [3.05, 3.63) is 12.0 Å². The van der Waals surface area contributed by atoms with E-state index >= 15 is 0 Å². The Hall–Kier alpha value is 0.780. The van der Waals surface area contributed by atoms with Crippen LogP contribution in [0.4, 0.5) is 0 Å². The summed E-state index contributed by atoms with van der Waals surface area (Å²) in [5.41, 5.74) is 0. The number of hydrogen-bond acceptors (Lipinski definition) is 2. The SMILES string of the molecule is OC(O)=CC(Br)C(Br)Br. The Bertz CT molecular complexity index is 108. The van der Waals surface area contributed by atoms with Gasteiger partial charge in [0.1, 0.15) is 0 Å². The smallest absolute Gasteiger partial charge is 0.271 e. The average molecular weight is 325 g/mol. The lowest BCUT2D eigenvalue weighted by Gasteiger charge is -2.02. The molecule has 0 bridgehead atoms. The van der Waals surface area contributed by atoms with Crippen LogP contribution in [0.2, 0.25) is 0 Å². The molecule has 0 fully saturated rings. The number of halogens is 3. The van der Waals surface area contributed by atoms with E-state index in [-0.39, 0.29) is 8.56 Å². The summed E-state index contributed by atoms with van der Waals surface area (Å²) in [5, 5.41) is 16.6. The van der Waals surface area contributed by atoms with Crippen LogP contribution in [0.1, 0.15) is 0 Å². The highest BCUT2D eigenvalue weighted by atomic mass is 79.9.